The van der Waals surface area contributed by atoms with Crippen LogP contribution in [0.1, 0.15) is 20.3 Å². The monoisotopic (exact) mass is 232 g/mol. The van der Waals surface area contributed by atoms with E-state index in [1.807, 2.05) is 13.8 Å². The smallest absolute Gasteiger partial charge is 0 e. The molecular weight excluding hydrogens is 211 g/mol. The van der Waals surface area contributed by atoms with E-state index in [0.717, 1.165) is 0 Å². The normalized spacial score (nSPS) is 22.4. The van der Waals surface area contributed by atoms with Crippen LogP contribution in [0.2, 0.25) is 0 Å². The van der Waals surface area contributed by atoms with Crippen LogP contribution in [0.5, 0.6) is 0 Å². The third-order valence-electron chi connectivity index (χ3n) is 1.49. The second-order valence-electron chi connectivity index (χ2n) is 2.42. The van der Waals surface area contributed by atoms with Crippen molar-refractivity contribution in [2.75, 3.05) is 20.1 Å². The summed E-state index contributed by atoms with van der Waals surface area (Å²) >= 11 is 0. The zero-order valence-corrected chi connectivity index (χ0v) is 11.3. The second-order valence-corrected chi connectivity index (χ2v) is 2.42. The molecule has 0 saturated carbocycles. The maximum absolute atomic E-state index is 3.95. The Kier molecular flexibility index (Phi) is 18.1. The minimum Gasteiger partial charge on any atom is -0.358 e. The Balaban J connectivity index is -0.000000149. The van der Waals surface area contributed by atoms with Crippen LogP contribution < -0.4 is 0 Å². The Morgan fingerprint density at radius 2 is 1.82 bits per heavy atom. The van der Waals surface area contributed by atoms with Gasteiger partial charge in [0.25, 0.3) is 0 Å². The number of hydrogen-bond acceptors (Lipinski definition) is 1. The van der Waals surface area contributed by atoms with Gasteiger partial charge in [0, 0.05) is 32.7 Å². The standard InChI is InChI=1S/C6H12N.C2H6.CH3.Y/c1-6-3-4-7(2)5-6;1-2;;/h6H,1,3-5H2,2H3;1-2H3;1H3;/q-1;;-1;. The summed E-state index contributed by atoms with van der Waals surface area (Å²) in [6.07, 6.45) is 1.29. The summed E-state index contributed by atoms with van der Waals surface area (Å²) in [6.45, 7) is 10.4. The average Bonchev–Trinajstić information content (AvgIpc) is 2.20. The van der Waals surface area contributed by atoms with Gasteiger partial charge in [-0.2, -0.15) is 5.92 Å². The van der Waals surface area contributed by atoms with Crippen LogP contribution >= 0.6 is 0 Å². The fourth-order valence-electron chi connectivity index (χ4n) is 1.03. The number of rotatable bonds is 0. The first-order chi connectivity index (χ1) is 4.29. The minimum atomic E-state index is 0. The van der Waals surface area contributed by atoms with Gasteiger partial charge in [-0.15, -0.1) is 0 Å². The van der Waals surface area contributed by atoms with Gasteiger partial charge in [-0.25, -0.2) is 0 Å². The van der Waals surface area contributed by atoms with E-state index in [4.69, 9.17) is 0 Å². The molecule has 1 aliphatic heterocycles. The fourth-order valence-corrected chi connectivity index (χ4v) is 1.03. The third-order valence-corrected chi connectivity index (χ3v) is 1.49. The van der Waals surface area contributed by atoms with Crippen molar-refractivity contribution >= 4 is 0 Å². The molecule has 1 heterocycles. The van der Waals surface area contributed by atoms with Gasteiger partial charge in [0.1, 0.15) is 0 Å². The van der Waals surface area contributed by atoms with Gasteiger partial charge in [-0.3, -0.25) is 0 Å². The van der Waals surface area contributed by atoms with Gasteiger partial charge in [0.05, 0.1) is 0 Å². The molecule has 1 atom stereocenters. The van der Waals surface area contributed by atoms with Crippen molar-refractivity contribution in [3.63, 3.8) is 0 Å². The number of likely N-dealkylation sites (tertiary alicyclic amines) is 1. The molecule has 0 aliphatic carbocycles. The first-order valence-corrected chi connectivity index (χ1v) is 3.80. The summed E-state index contributed by atoms with van der Waals surface area (Å²) in [6, 6.07) is 0. The van der Waals surface area contributed by atoms with E-state index in [1.165, 1.54) is 19.5 Å². The summed E-state index contributed by atoms with van der Waals surface area (Å²) in [4.78, 5) is 2.32. The molecule has 11 heavy (non-hydrogen) atoms. The van der Waals surface area contributed by atoms with Crippen molar-refractivity contribution in [2.45, 2.75) is 20.3 Å². The van der Waals surface area contributed by atoms with E-state index in [9.17, 15) is 0 Å². The largest absolute Gasteiger partial charge is 0.358 e. The molecule has 0 N–H and O–H groups in total. The Morgan fingerprint density at radius 3 is 1.91 bits per heavy atom. The minimum absolute atomic E-state index is 0. The predicted molar refractivity (Wildman–Crippen MR) is 48.7 cm³/mol. The van der Waals surface area contributed by atoms with Crippen molar-refractivity contribution in [2.24, 2.45) is 5.92 Å². The molecule has 2 heteroatoms. The van der Waals surface area contributed by atoms with Gasteiger partial charge in [0.15, 0.2) is 0 Å². The Bertz CT molecular complexity index is 58.6. The Hall–Kier alpha value is 1.06. The molecule has 1 aliphatic rings. The summed E-state index contributed by atoms with van der Waals surface area (Å²) in [7, 11) is 2.14. The van der Waals surface area contributed by atoms with Gasteiger partial charge < -0.3 is 19.3 Å². The first-order valence-electron chi connectivity index (χ1n) is 3.80. The molecule has 1 fully saturated rings. The van der Waals surface area contributed by atoms with Gasteiger partial charge in [-0.1, -0.05) is 20.3 Å². The average molecular weight is 232 g/mol. The summed E-state index contributed by atoms with van der Waals surface area (Å²) in [5.74, 6) is 0.699. The van der Waals surface area contributed by atoms with Crippen molar-refractivity contribution in [3.8, 4) is 0 Å². The van der Waals surface area contributed by atoms with Crippen LogP contribution in [-0.2, 0) is 32.7 Å². The first kappa shape index (κ1) is 18.0. The van der Waals surface area contributed by atoms with Crippen LogP contribution in [0, 0.1) is 20.3 Å². The molecule has 1 nitrogen and oxygen atoms in total. The van der Waals surface area contributed by atoms with Crippen LogP contribution in [0.4, 0.5) is 0 Å². The maximum Gasteiger partial charge on any atom is 0 e. The second kappa shape index (κ2) is 11.1. The van der Waals surface area contributed by atoms with Crippen LogP contribution in [0.3, 0.4) is 0 Å². The Morgan fingerprint density at radius 1 is 1.36 bits per heavy atom. The molecule has 0 bridgehead atoms. The quantitative estimate of drug-likeness (QED) is 0.579. The van der Waals surface area contributed by atoms with Gasteiger partial charge in [-0.05, 0) is 20.1 Å². The molecule has 0 aromatic carbocycles. The summed E-state index contributed by atoms with van der Waals surface area (Å²) < 4.78 is 0. The molecular formula is C9H21NY-2. The third kappa shape index (κ3) is 8.97. The van der Waals surface area contributed by atoms with Gasteiger partial charge >= 0.3 is 0 Å². The summed E-state index contributed by atoms with van der Waals surface area (Å²) in [5.41, 5.74) is 0. The number of nitrogens with zero attached hydrogens (tertiary/aromatic N) is 1. The van der Waals surface area contributed by atoms with Crippen LogP contribution in [0.15, 0.2) is 0 Å². The van der Waals surface area contributed by atoms with E-state index in [2.05, 4.69) is 18.9 Å². The molecule has 0 aromatic rings. The van der Waals surface area contributed by atoms with Crippen LogP contribution in [0.25, 0.3) is 0 Å². The molecule has 0 spiro atoms. The summed E-state index contributed by atoms with van der Waals surface area (Å²) in [5, 5.41) is 0. The zero-order chi connectivity index (χ0) is 7.28. The van der Waals surface area contributed by atoms with E-state index < -0.39 is 0 Å². The van der Waals surface area contributed by atoms with E-state index in [-0.39, 0.29) is 40.1 Å². The van der Waals surface area contributed by atoms with Crippen molar-refractivity contribution in [3.05, 3.63) is 14.4 Å². The molecule has 67 valence electrons. The topological polar surface area (TPSA) is 3.24 Å². The predicted octanol–water partition coefficient (Wildman–Crippen LogP) is 2.25. The van der Waals surface area contributed by atoms with Gasteiger partial charge in [0.2, 0.25) is 0 Å². The van der Waals surface area contributed by atoms with Crippen molar-refractivity contribution in [1.29, 1.82) is 0 Å². The molecule has 1 rings (SSSR count). The number of hydrogen-bond donors (Lipinski definition) is 0. The van der Waals surface area contributed by atoms with Crippen molar-refractivity contribution < 1.29 is 32.7 Å². The fraction of sp³-hybridized carbons (Fsp3) is 0.778. The van der Waals surface area contributed by atoms with E-state index >= 15 is 0 Å². The van der Waals surface area contributed by atoms with E-state index in [0.29, 0.717) is 5.92 Å². The maximum atomic E-state index is 3.95. The van der Waals surface area contributed by atoms with E-state index in [1.54, 1.807) is 0 Å². The SMILES string of the molecule is CC.[CH2-]C1CCN(C)C1.[CH3-].[Y]. The Labute approximate surface area is 97.8 Å². The molecule has 0 amide bonds. The molecule has 1 saturated heterocycles. The molecule has 1 radical (unpaired) electrons. The molecule has 1 unspecified atom stereocenters. The van der Waals surface area contributed by atoms with Crippen molar-refractivity contribution in [1.82, 2.24) is 4.90 Å². The van der Waals surface area contributed by atoms with Crippen LogP contribution in [-0.4, -0.2) is 25.0 Å². The molecule has 0 aromatic heterocycles. The zero-order valence-electron chi connectivity index (χ0n) is 8.43.